The van der Waals surface area contributed by atoms with Gasteiger partial charge in [0.05, 0.1) is 5.69 Å². The molecule has 114 valence electrons. The van der Waals surface area contributed by atoms with Gasteiger partial charge in [0.2, 0.25) is 0 Å². The number of aryl methyl sites for hydroxylation is 3. The van der Waals surface area contributed by atoms with Crippen molar-refractivity contribution in [3.63, 3.8) is 0 Å². The van der Waals surface area contributed by atoms with Gasteiger partial charge in [-0.05, 0) is 38.3 Å². The zero-order chi connectivity index (χ0) is 15.1. The van der Waals surface area contributed by atoms with Crippen molar-refractivity contribution in [2.75, 3.05) is 7.05 Å². The van der Waals surface area contributed by atoms with Crippen molar-refractivity contribution in [1.82, 2.24) is 15.1 Å². The number of nitrogens with one attached hydrogen (secondary N) is 1. The zero-order valence-corrected chi connectivity index (χ0v) is 13.5. The van der Waals surface area contributed by atoms with Crippen LogP contribution >= 0.6 is 0 Å². The molecule has 3 nitrogen and oxygen atoms in total. The van der Waals surface area contributed by atoms with Crippen molar-refractivity contribution < 1.29 is 0 Å². The van der Waals surface area contributed by atoms with Gasteiger partial charge in [0.15, 0.2) is 0 Å². The van der Waals surface area contributed by atoms with Gasteiger partial charge in [0.1, 0.15) is 0 Å². The lowest BCUT2D eigenvalue weighted by atomic mass is 10.1. The lowest BCUT2D eigenvalue weighted by Crippen LogP contribution is -2.10. The highest BCUT2D eigenvalue weighted by Gasteiger charge is 2.14. The van der Waals surface area contributed by atoms with Gasteiger partial charge in [0, 0.05) is 24.3 Å². The van der Waals surface area contributed by atoms with Crippen LogP contribution in [-0.4, -0.2) is 16.8 Å². The van der Waals surface area contributed by atoms with E-state index >= 15 is 0 Å². The van der Waals surface area contributed by atoms with Crippen LogP contribution < -0.4 is 5.32 Å². The summed E-state index contributed by atoms with van der Waals surface area (Å²) < 4.78 is 2.23. The van der Waals surface area contributed by atoms with E-state index in [4.69, 9.17) is 5.10 Å². The van der Waals surface area contributed by atoms with E-state index < -0.39 is 0 Å². The highest BCUT2D eigenvalue weighted by atomic mass is 15.3. The van der Waals surface area contributed by atoms with Crippen LogP contribution in [0, 0.1) is 0 Å². The molecule has 2 rings (SSSR count). The lowest BCUT2D eigenvalue weighted by Gasteiger charge is -2.08. The van der Waals surface area contributed by atoms with Crippen LogP contribution in [0.1, 0.15) is 42.8 Å². The molecule has 0 saturated carbocycles. The molecule has 0 bridgehead atoms. The molecule has 3 heteroatoms. The molecule has 1 aromatic carbocycles. The average Bonchev–Trinajstić information content (AvgIpc) is 2.86. The first-order valence-corrected chi connectivity index (χ1v) is 8.06. The Kier molecular flexibility index (Phi) is 6.00. The first-order valence-electron chi connectivity index (χ1n) is 8.06. The third-order valence-electron chi connectivity index (χ3n) is 3.95. The topological polar surface area (TPSA) is 29.9 Å². The molecule has 1 N–H and O–H groups in total. The molecule has 0 fully saturated rings. The fourth-order valence-corrected chi connectivity index (χ4v) is 2.91. The Morgan fingerprint density at radius 1 is 1.10 bits per heavy atom. The third-order valence-corrected chi connectivity index (χ3v) is 3.95. The fraction of sp³-hybridized carbons (Fsp3) is 0.500. The maximum Gasteiger partial charge on any atom is 0.0669 e. The van der Waals surface area contributed by atoms with Crippen molar-refractivity contribution in [1.29, 1.82) is 0 Å². The molecule has 0 radical (unpaired) electrons. The minimum Gasteiger partial charge on any atom is -0.316 e. The van der Waals surface area contributed by atoms with Crippen molar-refractivity contribution in [3.8, 4) is 0 Å². The Balaban J connectivity index is 2.05. The number of hydrogen-bond acceptors (Lipinski definition) is 2. The fourth-order valence-electron chi connectivity index (χ4n) is 2.91. The molecule has 0 atom stereocenters. The highest BCUT2D eigenvalue weighted by molar-refractivity contribution is 5.26. The second kappa shape index (κ2) is 7.99. The summed E-state index contributed by atoms with van der Waals surface area (Å²) in [6, 6.07) is 10.7. The summed E-state index contributed by atoms with van der Waals surface area (Å²) in [6.07, 6.45) is 4.32. The molecule has 2 aromatic rings. The summed E-state index contributed by atoms with van der Waals surface area (Å²) >= 11 is 0. The van der Waals surface area contributed by atoms with Crippen molar-refractivity contribution in [2.24, 2.45) is 0 Å². The summed E-state index contributed by atoms with van der Waals surface area (Å²) in [7, 11) is 2.01. The van der Waals surface area contributed by atoms with Crippen LogP contribution in [0.5, 0.6) is 0 Å². The van der Waals surface area contributed by atoms with Gasteiger partial charge in [-0.15, -0.1) is 0 Å². The van der Waals surface area contributed by atoms with Crippen molar-refractivity contribution in [3.05, 3.63) is 52.8 Å². The predicted octanol–water partition coefficient (Wildman–Crippen LogP) is 3.36. The largest absolute Gasteiger partial charge is 0.316 e. The number of hydrogen-bond donors (Lipinski definition) is 1. The molecule has 0 aliphatic heterocycles. The molecule has 1 aromatic heterocycles. The first-order chi connectivity index (χ1) is 10.3. The molecular formula is C18H27N3. The highest BCUT2D eigenvalue weighted by Crippen LogP contribution is 2.17. The first kappa shape index (κ1) is 15.8. The lowest BCUT2D eigenvalue weighted by molar-refractivity contribution is 0.551. The molecule has 0 unspecified atom stereocenters. The van der Waals surface area contributed by atoms with Gasteiger partial charge >= 0.3 is 0 Å². The monoisotopic (exact) mass is 285 g/mol. The summed E-state index contributed by atoms with van der Waals surface area (Å²) in [5.74, 6) is 0. The Labute approximate surface area is 128 Å². The quantitative estimate of drug-likeness (QED) is 0.806. The van der Waals surface area contributed by atoms with E-state index in [1.165, 1.54) is 22.5 Å². The summed E-state index contributed by atoms with van der Waals surface area (Å²) in [5, 5.41) is 8.10. The Morgan fingerprint density at radius 3 is 2.48 bits per heavy atom. The van der Waals surface area contributed by atoms with Crippen LogP contribution in [0.4, 0.5) is 0 Å². The van der Waals surface area contributed by atoms with Gasteiger partial charge < -0.3 is 5.32 Å². The van der Waals surface area contributed by atoms with Crippen LogP contribution in [0.3, 0.4) is 0 Å². The minimum absolute atomic E-state index is 0.922. The smallest absolute Gasteiger partial charge is 0.0669 e. The standard InChI is InChI=1S/C18H27N3/c1-4-17-16(14-19-3)18(5-2)21(20-17)13-9-12-15-10-7-6-8-11-15/h6-8,10-11,19H,4-5,9,12-14H2,1-3H3. The summed E-state index contributed by atoms with van der Waals surface area (Å²) in [4.78, 5) is 0. The Hall–Kier alpha value is -1.61. The van der Waals surface area contributed by atoms with Gasteiger partial charge in [-0.25, -0.2) is 0 Å². The second-order valence-electron chi connectivity index (χ2n) is 5.42. The second-order valence-corrected chi connectivity index (χ2v) is 5.42. The zero-order valence-electron chi connectivity index (χ0n) is 13.5. The van der Waals surface area contributed by atoms with Crippen LogP contribution in [0.15, 0.2) is 30.3 Å². The average molecular weight is 285 g/mol. The number of rotatable bonds is 8. The number of nitrogens with zero attached hydrogens (tertiary/aromatic N) is 2. The van der Waals surface area contributed by atoms with Gasteiger partial charge in [0.25, 0.3) is 0 Å². The van der Waals surface area contributed by atoms with E-state index in [1.807, 2.05) is 7.05 Å². The Morgan fingerprint density at radius 2 is 1.86 bits per heavy atom. The molecular weight excluding hydrogens is 258 g/mol. The van der Waals surface area contributed by atoms with E-state index in [-0.39, 0.29) is 0 Å². The van der Waals surface area contributed by atoms with Gasteiger partial charge in [-0.1, -0.05) is 44.2 Å². The molecule has 21 heavy (non-hydrogen) atoms. The molecule has 0 aliphatic carbocycles. The van der Waals surface area contributed by atoms with Gasteiger partial charge in [-0.2, -0.15) is 5.10 Å². The number of aromatic nitrogens is 2. The van der Waals surface area contributed by atoms with E-state index in [0.29, 0.717) is 0 Å². The molecule has 0 saturated heterocycles. The van der Waals surface area contributed by atoms with E-state index in [2.05, 4.69) is 54.2 Å². The summed E-state index contributed by atoms with van der Waals surface area (Å²) in [5.41, 5.74) is 5.46. The van der Waals surface area contributed by atoms with Crippen molar-refractivity contribution in [2.45, 2.75) is 52.6 Å². The maximum absolute atomic E-state index is 4.83. The predicted molar refractivity (Wildman–Crippen MR) is 88.5 cm³/mol. The van der Waals surface area contributed by atoms with E-state index in [0.717, 1.165) is 38.8 Å². The summed E-state index contributed by atoms with van der Waals surface area (Å²) in [6.45, 7) is 6.35. The number of benzene rings is 1. The maximum atomic E-state index is 4.83. The third kappa shape index (κ3) is 3.94. The molecule has 0 spiro atoms. The Bertz CT molecular complexity index is 543. The molecule has 1 heterocycles. The molecule has 0 amide bonds. The van der Waals surface area contributed by atoms with Crippen LogP contribution in [0.2, 0.25) is 0 Å². The van der Waals surface area contributed by atoms with Crippen molar-refractivity contribution >= 4 is 0 Å². The van der Waals surface area contributed by atoms with Crippen LogP contribution in [0.25, 0.3) is 0 Å². The van der Waals surface area contributed by atoms with Crippen LogP contribution in [-0.2, 0) is 32.4 Å². The van der Waals surface area contributed by atoms with E-state index in [9.17, 15) is 0 Å². The SMILES string of the molecule is CCc1nn(CCCc2ccccc2)c(CC)c1CNC. The van der Waals surface area contributed by atoms with Gasteiger partial charge in [-0.3, -0.25) is 4.68 Å². The molecule has 0 aliphatic rings. The normalized spacial score (nSPS) is 11.0. The minimum atomic E-state index is 0.922. The van der Waals surface area contributed by atoms with E-state index in [1.54, 1.807) is 0 Å².